The van der Waals surface area contributed by atoms with Crippen LogP contribution in [0.25, 0.3) is 0 Å². The second-order valence-electron chi connectivity index (χ2n) is 20.3. The standard InChI is InChI=1S/C56H108O17P2/c1-5-9-13-17-21-23-25-27-31-35-39-43-56(61)73-52(47-67-54(59)41-37-33-30-26-24-22-18-14-10-6-2)49-71-75(64,65)69-45-50(57)44-68-74(62,63)70-48-51(72-55(60)42-38-34-29-20-16-12-8-4)46-66-53(58)40-36-32-28-19-15-11-7-3/h50-52,57H,5-49H2,1-4H3,(H,62,63)(H,64,65)/t50-,51+,52+/m0/s1. The molecule has 0 amide bonds. The zero-order chi connectivity index (χ0) is 55.5. The molecule has 0 spiro atoms. The van der Waals surface area contributed by atoms with Crippen LogP contribution in [0.4, 0.5) is 0 Å². The summed E-state index contributed by atoms with van der Waals surface area (Å²) in [6.07, 6.45) is 33.6. The molecule has 0 heterocycles. The summed E-state index contributed by atoms with van der Waals surface area (Å²) in [6, 6.07) is 0. The molecule has 0 rings (SSSR count). The number of unbranched alkanes of at least 4 members (excludes halogenated alkanes) is 31. The van der Waals surface area contributed by atoms with Gasteiger partial charge >= 0.3 is 39.5 Å². The van der Waals surface area contributed by atoms with Gasteiger partial charge < -0.3 is 33.8 Å². The highest BCUT2D eigenvalue weighted by Gasteiger charge is 2.30. The summed E-state index contributed by atoms with van der Waals surface area (Å²) in [6.45, 7) is 4.74. The van der Waals surface area contributed by atoms with Crippen LogP contribution in [0.3, 0.4) is 0 Å². The van der Waals surface area contributed by atoms with Crippen LogP contribution in [0.1, 0.15) is 278 Å². The highest BCUT2D eigenvalue weighted by atomic mass is 31.2. The van der Waals surface area contributed by atoms with Gasteiger partial charge in [-0.15, -0.1) is 0 Å². The van der Waals surface area contributed by atoms with Gasteiger partial charge in [-0.05, 0) is 25.7 Å². The average molecular weight is 1120 g/mol. The molecule has 0 aliphatic carbocycles. The van der Waals surface area contributed by atoms with Crippen molar-refractivity contribution in [2.75, 3.05) is 39.6 Å². The third-order valence-corrected chi connectivity index (χ3v) is 14.8. The van der Waals surface area contributed by atoms with Gasteiger partial charge in [0.1, 0.15) is 19.3 Å². The van der Waals surface area contributed by atoms with Gasteiger partial charge in [0.2, 0.25) is 0 Å². The zero-order valence-electron chi connectivity index (χ0n) is 47.5. The minimum Gasteiger partial charge on any atom is -0.462 e. The van der Waals surface area contributed by atoms with Crippen LogP contribution in [0.5, 0.6) is 0 Å². The van der Waals surface area contributed by atoms with Gasteiger partial charge in [0.15, 0.2) is 12.2 Å². The maximum absolute atomic E-state index is 12.9. The van der Waals surface area contributed by atoms with E-state index in [1.165, 1.54) is 83.5 Å². The van der Waals surface area contributed by atoms with Crippen molar-refractivity contribution in [3.8, 4) is 0 Å². The van der Waals surface area contributed by atoms with E-state index in [1.54, 1.807) is 0 Å². The van der Waals surface area contributed by atoms with Crippen molar-refractivity contribution >= 4 is 39.5 Å². The number of esters is 4. The van der Waals surface area contributed by atoms with E-state index in [1.807, 2.05) is 0 Å². The molecule has 0 saturated heterocycles. The average Bonchev–Trinajstić information content (AvgIpc) is 3.38. The molecule has 5 atom stereocenters. The largest absolute Gasteiger partial charge is 0.472 e. The number of phosphoric acid groups is 2. The van der Waals surface area contributed by atoms with Gasteiger partial charge in [0.25, 0.3) is 0 Å². The van der Waals surface area contributed by atoms with Crippen LogP contribution in [-0.2, 0) is 65.4 Å². The first kappa shape index (κ1) is 73.1. The molecule has 0 saturated carbocycles. The number of phosphoric ester groups is 2. The first-order chi connectivity index (χ1) is 36.2. The fourth-order valence-corrected chi connectivity index (χ4v) is 9.80. The lowest BCUT2D eigenvalue weighted by Crippen LogP contribution is -2.30. The molecule has 17 nitrogen and oxygen atoms in total. The SMILES string of the molecule is CCCCCCCCCCCCCC(=O)O[C@H](COC(=O)CCCCCCCCCCCC)COP(=O)(O)OC[C@@H](O)COP(=O)(O)OC[C@@H](COC(=O)CCCCCCCCC)OC(=O)CCCCCCCCC. The van der Waals surface area contributed by atoms with Crippen molar-refractivity contribution in [1.82, 2.24) is 0 Å². The summed E-state index contributed by atoms with van der Waals surface area (Å²) in [7, 11) is -9.86. The number of aliphatic hydroxyl groups excluding tert-OH is 1. The van der Waals surface area contributed by atoms with Crippen LogP contribution >= 0.6 is 15.6 Å². The molecule has 0 aromatic heterocycles. The monoisotopic (exact) mass is 1110 g/mol. The maximum atomic E-state index is 12.9. The molecule has 0 fully saturated rings. The van der Waals surface area contributed by atoms with Crippen molar-refractivity contribution in [3.63, 3.8) is 0 Å². The molecular weight excluding hydrogens is 1010 g/mol. The van der Waals surface area contributed by atoms with Gasteiger partial charge in [0.05, 0.1) is 26.4 Å². The Kier molecular flexibility index (Phi) is 50.2. The fourth-order valence-electron chi connectivity index (χ4n) is 8.22. The molecule has 0 aromatic rings. The molecule has 75 heavy (non-hydrogen) atoms. The summed E-state index contributed by atoms with van der Waals surface area (Å²) < 4.78 is 67.4. The smallest absolute Gasteiger partial charge is 0.462 e. The molecule has 0 aliphatic heterocycles. The van der Waals surface area contributed by atoms with E-state index in [4.69, 9.17) is 37.0 Å². The summed E-state index contributed by atoms with van der Waals surface area (Å²) >= 11 is 0. The Balaban J connectivity index is 5.19. The van der Waals surface area contributed by atoms with Crippen molar-refractivity contribution in [2.45, 2.75) is 296 Å². The summed E-state index contributed by atoms with van der Waals surface area (Å²) in [4.78, 5) is 71.5. The first-order valence-electron chi connectivity index (χ1n) is 29.8. The number of hydrogen-bond acceptors (Lipinski definition) is 15. The lowest BCUT2D eigenvalue weighted by Gasteiger charge is -2.21. The summed E-state index contributed by atoms with van der Waals surface area (Å²) in [5, 5.41) is 10.5. The van der Waals surface area contributed by atoms with Gasteiger partial charge in [-0.1, -0.05) is 227 Å². The Labute approximate surface area is 454 Å². The third kappa shape index (κ3) is 51.3. The number of aliphatic hydroxyl groups is 1. The van der Waals surface area contributed by atoms with Crippen molar-refractivity contribution < 1.29 is 80.2 Å². The molecular formula is C56H108O17P2. The molecule has 0 aliphatic rings. The number of carbonyl (C=O) groups excluding carboxylic acids is 4. The normalized spacial score (nSPS) is 14.4. The quantitative estimate of drug-likeness (QED) is 0.0222. The van der Waals surface area contributed by atoms with Crippen LogP contribution in [0.2, 0.25) is 0 Å². The van der Waals surface area contributed by atoms with E-state index >= 15 is 0 Å². The predicted octanol–water partition coefficient (Wildman–Crippen LogP) is 14.8. The first-order valence-corrected chi connectivity index (χ1v) is 32.8. The van der Waals surface area contributed by atoms with E-state index < -0.39 is 97.5 Å². The Bertz CT molecular complexity index is 1470. The van der Waals surface area contributed by atoms with Gasteiger partial charge in [-0.25, -0.2) is 9.13 Å². The van der Waals surface area contributed by atoms with Crippen molar-refractivity contribution in [3.05, 3.63) is 0 Å². The van der Waals surface area contributed by atoms with Gasteiger partial charge in [-0.3, -0.25) is 37.3 Å². The zero-order valence-corrected chi connectivity index (χ0v) is 49.3. The molecule has 0 radical (unpaired) electrons. The Hall–Kier alpha value is -1.94. The molecule has 2 unspecified atom stereocenters. The Morgan fingerprint density at radius 1 is 0.320 bits per heavy atom. The van der Waals surface area contributed by atoms with Crippen molar-refractivity contribution in [2.24, 2.45) is 0 Å². The summed E-state index contributed by atoms with van der Waals surface area (Å²) in [5.41, 5.74) is 0. The Morgan fingerprint density at radius 2 is 0.533 bits per heavy atom. The highest BCUT2D eigenvalue weighted by Crippen LogP contribution is 2.45. The Morgan fingerprint density at radius 3 is 0.787 bits per heavy atom. The van der Waals surface area contributed by atoms with Crippen LogP contribution in [0.15, 0.2) is 0 Å². The van der Waals surface area contributed by atoms with Crippen molar-refractivity contribution in [1.29, 1.82) is 0 Å². The van der Waals surface area contributed by atoms with E-state index in [0.29, 0.717) is 25.7 Å². The molecule has 3 N–H and O–H groups in total. The second-order valence-corrected chi connectivity index (χ2v) is 23.2. The van der Waals surface area contributed by atoms with Crippen LogP contribution in [0, 0.1) is 0 Å². The maximum Gasteiger partial charge on any atom is 0.472 e. The number of hydrogen-bond donors (Lipinski definition) is 3. The predicted molar refractivity (Wildman–Crippen MR) is 294 cm³/mol. The lowest BCUT2D eigenvalue weighted by atomic mass is 10.1. The van der Waals surface area contributed by atoms with E-state index in [2.05, 4.69) is 27.7 Å². The fraction of sp³-hybridized carbons (Fsp3) is 0.929. The van der Waals surface area contributed by atoms with E-state index in [0.717, 1.165) is 116 Å². The lowest BCUT2D eigenvalue weighted by molar-refractivity contribution is -0.161. The second kappa shape index (κ2) is 51.5. The minimum atomic E-state index is -4.93. The minimum absolute atomic E-state index is 0.104. The van der Waals surface area contributed by atoms with E-state index in [-0.39, 0.29) is 25.7 Å². The van der Waals surface area contributed by atoms with Gasteiger partial charge in [-0.2, -0.15) is 0 Å². The third-order valence-electron chi connectivity index (χ3n) is 12.9. The molecule has 444 valence electrons. The number of ether oxygens (including phenoxy) is 4. The topological polar surface area (TPSA) is 237 Å². The van der Waals surface area contributed by atoms with Crippen LogP contribution in [-0.4, -0.2) is 96.7 Å². The van der Waals surface area contributed by atoms with Crippen LogP contribution < -0.4 is 0 Å². The molecule has 0 aromatic carbocycles. The highest BCUT2D eigenvalue weighted by molar-refractivity contribution is 7.47. The molecule has 19 heteroatoms. The number of rotatable bonds is 57. The van der Waals surface area contributed by atoms with Gasteiger partial charge in [0, 0.05) is 25.7 Å². The van der Waals surface area contributed by atoms with E-state index in [9.17, 15) is 43.2 Å². The molecule has 0 bridgehead atoms. The summed E-state index contributed by atoms with van der Waals surface area (Å²) in [5.74, 6) is -2.15. The number of carbonyl (C=O) groups is 4.